The molecule has 6 N–H and O–H groups in total. The molecule has 0 aromatic carbocycles. The Morgan fingerprint density at radius 2 is 1.96 bits per heavy atom. The number of nitrogens with zero attached hydrogens (tertiary/aromatic N) is 3. The number of aromatic amines is 1. The molecule has 17 heteroatoms. The molecule has 150 valence electrons. The molecule has 5 atom stereocenters. The van der Waals surface area contributed by atoms with Crippen LogP contribution in [0.1, 0.15) is 6.23 Å². The van der Waals surface area contributed by atoms with Crippen molar-refractivity contribution in [2.24, 2.45) is 0 Å². The number of fused-ring (bicyclic) bond motifs is 1. The second-order valence-electron chi connectivity index (χ2n) is 5.44. The molecule has 2 aromatic heterocycles. The molecule has 0 bridgehead atoms. The van der Waals surface area contributed by atoms with Crippen LogP contribution in [0.2, 0.25) is 0 Å². The summed E-state index contributed by atoms with van der Waals surface area (Å²) >= 11 is 5.03. The zero-order valence-corrected chi connectivity index (χ0v) is 15.7. The Kier molecular flexibility index (Phi) is 5.65. The molecule has 1 saturated heterocycles. The predicted molar refractivity (Wildman–Crippen MR) is 87.5 cm³/mol. The first kappa shape index (κ1) is 20.6. The first-order chi connectivity index (χ1) is 12.5. The van der Waals surface area contributed by atoms with E-state index in [4.69, 9.17) is 26.7 Å². The lowest BCUT2D eigenvalue weighted by molar-refractivity contribution is -0.0503. The number of aromatic nitrogens is 4. The minimum atomic E-state index is -5.28. The summed E-state index contributed by atoms with van der Waals surface area (Å²) in [5, 5.41) is 20.3. The van der Waals surface area contributed by atoms with Crippen LogP contribution in [0.3, 0.4) is 0 Å². The molecule has 1 aliphatic rings. The fourth-order valence-electron chi connectivity index (χ4n) is 2.49. The number of ether oxygens (including phenoxy) is 1. The Hall–Kier alpha value is -1.09. The molecule has 14 nitrogen and oxygen atoms in total. The number of aliphatic hydroxyl groups excluding tert-OH is 2. The highest BCUT2D eigenvalue weighted by Crippen LogP contribution is 2.57. The van der Waals surface area contributed by atoms with Crippen LogP contribution in [0.4, 0.5) is 0 Å². The van der Waals surface area contributed by atoms with Crippen molar-refractivity contribution in [2.75, 3.05) is 6.61 Å². The van der Waals surface area contributed by atoms with Gasteiger partial charge in [-0.25, -0.2) is 19.1 Å². The normalized spacial score (nSPS) is 28.5. The van der Waals surface area contributed by atoms with Gasteiger partial charge in [0.25, 0.3) is 0 Å². The number of aliphatic hydroxyl groups is 2. The maximum atomic E-state index is 11.5. The molecule has 3 rings (SSSR count). The quantitative estimate of drug-likeness (QED) is 0.242. The number of hydrogen-bond acceptors (Lipinski definition) is 10. The average Bonchev–Trinajstić information content (AvgIpc) is 3.07. The van der Waals surface area contributed by atoms with Crippen molar-refractivity contribution < 1.29 is 47.6 Å². The number of nitrogens with one attached hydrogen (secondary N) is 1. The summed E-state index contributed by atoms with van der Waals surface area (Å²) in [7, 11) is -10.4. The van der Waals surface area contributed by atoms with Gasteiger partial charge in [0, 0.05) is 0 Å². The third-order valence-corrected chi connectivity index (χ3v) is 6.05. The molecule has 27 heavy (non-hydrogen) atoms. The van der Waals surface area contributed by atoms with Crippen molar-refractivity contribution in [2.45, 2.75) is 24.5 Å². The summed E-state index contributed by atoms with van der Waals surface area (Å²) in [6.45, 7) is -0.799. The van der Waals surface area contributed by atoms with Crippen molar-refractivity contribution in [1.82, 2.24) is 19.5 Å². The average molecular weight is 444 g/mol. The minimum absolute atomic E-state index is 0.200. The van der Waals surface area contributed by atoms with Gasteiger partial charge in [0.2, 0.25) is 0 Å². The second-order valence-corrected chi connectivity index (χ2v) is 8.66. The number of rotatable bonds is 6. The van der Waals surface area contributed by atoms with E-state index >= 15 is 0 Å². The Morgan fingerprint density at radius 3 is 2.63 bits per heavy atom. The summed E-state index contributed by atoms with van der Waals surface area (Å²) in [4.78, 5) is 37.1. The number of phosphoric acid groups is 2. The molecule has 2 aromatic rings. The van der Waals surface area contributed by atoms with E-state index in [1.165, 1.54) is 17.2 Å². The molecule has 1 fully saturated rings. The first-order valence-electron chi connectivity index (χ1n) is 7.14. The third-order valence-electron chi connectivity index (χ3n) is 3.60. The van der Waals surface area contributed by atoms with E-state index in [9.17, 15) is 24.2 Å². The van der Waals surface area contributed by atoms with E-state index in [0.29, 0.717) is 11.2 Å². The zero-order chi connectivity index (χ0) is 20.0. The zero-order valence-electron chi connectivity index (χ0n) is 13.1. The van der Waals surface area contributed by atoms with Crippen LogP contribution >= 0.6 is 27.9 Å². The lowest BCUT2D eigenvalue weighted by Crippen LogP contribution is -2.33. The van der Waals surface area contributed by atoms with Gasteiger partial charge in [-0.05, 0) is 0 Å². The summed E-state index contributed by atoms with van der Waals surface area (Å²) in [5.41, 5.74) is 0.679. The highest BCUT2D eigenvalue weighted by molar-refractivity contribution is 7.71. The molecular formula is C10H14N4O10P2S. The monoisotopic (exact) mass is 444 g/mol. The van der Waals surface area contributed by atoms with E-state index in [-0.39, 0.29) is 4.64 Å². The Balaban J connectivity index is 1.76. The summed E-state index contributed by atoms with van der Waals surface area (Å²) in [6, 6.07) is 0. The number of hydrogen-bond donors (Lipinski definition) is 6. The van der Waals surface area contributed by atoms with Gasteiger partial charge >= 0.3 is 15.6 Å². The molecule has 0 aliphatic carbocycles. The van der Waals surface area contributed by atoms with Gasteiger partial charge in [-0.2, -0.15) is 4.31 Å². The fourth-order valence-corrected chi connectivity index (χ4v) is 4.29. The highest BCUT2D eigenvalue weighted by atomic mass is 32.1. The van der Waals surface area contributed by atoms with E-state index in [1.54, 1.807) is 0 Å². The molecule has 0 saturated carbocycles. The van der Waals surface area contributed by atoms with Gasteiger partial charge in [0.15, 0.2) is 10.9 Å². The van der Waals surface area contributed by atoms with Crippen molar-refractivity contribution in [3.05, 3.63) is 17.3 Å². The van der Waals surface area contributed by atoms with Crippen LogP contribution in [0, 0.1) is 4.64 Å². The van der Waals surface area contributed by atoms with Crippen LogP contribution in [0.25, 0.3) is 11.2 Å². The van der Waals surface area contributed by atoms with Gasteiger partial charge in [0.1, 0.15) is 29.5 Å². The highest BCUT2D eigenvalue weighted by Gasteiger charge is 2.45. The maximum Gasteiger partial charge on any atom is 0.481 e. The van der Waals surface area contributed by atoms with Crippen LogP contribution in [0.15, 0.2) is 12.7 Å². The van der Waals surface area contributed by atoms with Crippen LogP contribution in [0.5, 0.6) is 0 Å². The minimum Gasteiger partial charge on any atom is -0.387 e. The van der Waals surface area contributed by atoms with Gasteiger partial charge in [-0.3, -0.25) is 9.09 Å². The standard InChI is InChI=1S/C10H14N4O10P2S/c15-6-4(1-22-26(20,21)24-25(17,18)19)23-10(7(6)16)14-3-13-5-8(14)11-2-12-9(5)27/h2-4,6-7,10,15-16H,1H2,(H,20,21)(H,11,12,27)(H2,17,18,19)/t4-,6+,7+,10-/m0/s1. The fraction of sp³-hybridized carbons (Fsp3) is 0.500. The van der Waals surface area contributed by atoms with E-state index in [2.05, 4.69) is 23.8 Å². The van der Waals surface area contributed by atoms with Gasteiger partial charge in [-0.15, -0.1) is 0 Å². The van der Waals surface area contributed by atoms with Crippen molar-refractivity contribution in [3.63, 3.8) is 0 Å². The van der Waals surface area contributed by atoms with Gasteiger partial charge in [-0.1, -0.05) is 12.2 Å². The Bertz CT molecular complexity index is 990. The van der Waals surface area contributed by atoms with Gasteiger partial charge in [0.05, 0.1) is 19.3 Å². The molecule has 0 spiro atoms. The van der Waals surface area contributed by atoms with Crippen molar-refractivity contribution >= 4 is 39.0 Å². The number of H-pyrrole nitrogens is 1. The molecule has 0 radical (unpaired) electrons. The van der Waals surface area contributed by atoms with E-state index in [1.807, 2.05) is 0 Å². The van der Waals surface area contributed by atoms with Crippen LogP contribution in [-0.2, 0) is 22.7 Å². The summed E-state index contributed by atoms with van der Waals surface area (Å²) in [5.74, 6) is 0. The van der Waals surface area contributed by atoms with Gasteiger partial charge < -0.3 is 34.6 Å². The molecule has 1 unspecified atom stereocenters. The lowest BCUT2D eigenvalue weighted by atomic mass is 10.1. The van der Waals surface area contributed by atoms with Crippen LogP contribution in [-0.4, -0.2) is 69.3 Å². The van der Waals surface area contributed by atoms with E-state index in [0.717, 1.165) is 0 Å². The molecule has 0 amide bonds. The second kappa shape index (κ2) is 7.39. The van der Waals surface area contributed by atoms with Crippen molar-refractivity contribution in [1.29, 1.82) is 0 Å². The third kappa shape index (κ3) is 4.50. The topological polar surface area (TPSA) is 209 Å². The Morgan fingerprint density at radius 1 is 1.26 bits per heavy atom. The number of phosphoric ester groups is 1. The number of imidazole rings is 1. The van der Waals surface area contributed by atoms with Crippen LogP contribution < -0.4 is 0 Å². The first-order valence-corrected chi connectivity index (χ1v) is 10.6. The maximum absolute atomic E-state index is 11.5. The SMILES string of the molecule is O=P(O)(O)OP(=O)(O)OC[C@@H]1O[C@H](n2cnc3c(=S)nc[nH]c32)[C@H](O)[C@@H]1O. The van der Waals surface area contributed by atoms with E-state index < -0.39 is 46.8 Å². The largest absolute Gasteiger partial charge is 0.481 e. The Labute approximate surface area is 155 Å². The summed E-state index contributed by atoms with van der Waals surface area (Å²) < 4.78 is 37.1. The molecule has 1 aliphatic heterocycles. The smallest absolute Gasteiger partial charge is 0.387 e. The lowest BCUT2D eigenvalue weighted by Gasteiger charge is -2.17. The molecular weight excluding hydrogens is 430 g/mol. The van der Waals surface area contributed by atoms with Crippen molar-refractivity contribution in [3.8, 4) is 0 Å². The summed E-state index contributed by atoms with van der Waals surface area (Å²) in [6.07, 6.45) is -2.90. The molecule has 3 heterocycles. The predicted octanol–water partition coefficient (Wildman–Crippen LogP) is -0.666.